The van der Waals surface area contributed by atoms with E-state index in [1.807, 2.05) is 71.0 Å². The lowest BCUT2D eigenvalue weighted by molar-refractivity contribution is -0.143. The third-order valence-corrected chi connectivity index (χ3v) is 6.27. The fraction of sp³-hybridized carbons (Fsp3) is 0.462. The van der Waals surface area contributed by atoms with Crippen molar-refractivity contribution in [2.24, 2.45) is 0 Å². The fourth-order valence-electron chi connectivity index (χ4n) is 3.51. The van der Waals surface area contributed by atoms with Gasteiger partial charge in [0.05, 0.1) is 7.11 Å². The number of hydrogen-bond acceptors (Lipinski definition) is 4. The van der Waals surface area contributed by atoms with E-state index in [9.17, 15) is 9.59 Å². The van der Waals surface area contributed by atoms with Crippen LogP contribution in [0.1, 0.15) is 50.3 Å². The molecule has 0 spiro atoms. The molecule has 0 saturated heterocycles. The van der Waals surface area contributed by atoms with E-state index in [2.05, 4.69) is 5.32 Å². The van der Waals surface area contributed by atoms with Crippen LogP contribution in [0.25, 0.3) is 0 Å². The van der Waals surface area contributed by atoms with Gasteiger partial charge in [0.15, 0.2) is 6.61 Å². The van der Waals surface area contributed by atoms with Gasteiger partial charge in [0.2, 0.25) is 5.91 Å². The number of rotatable bonds is 11. The van der Waals surface area contributed by atoms with E-state index in [1.54, 1.807) is 12.0 Å². The zero-order valence-electron chi connectivity index (χ0n) is 20.4. The summed E-state index contributed by atoms with van der Waals surface area (Å²) in [6.07, 6.45) is 1.30. The summed E-state index contributed by atoms with van der Waals surface area (Å²) in [6, 6.07) is 10.5. The molecule has 7 heteroatoms. The second-order valence-electron chi connectivity index (χ2n) is 8.27. The number of nitrogens with one attached hydrogen (secondary N) is 1. The van der Waals surface area contributed by atoms with Crippen LogP contribution in [0.2, 0.25) is 5.02 Å². The van der Waals surface area contributed by atoms with Crippen LogP contribution in [0.15, 0.2) is 36.4 Å². The maximum absolute atomic E-state index is 13.3. The minimum Gasteiger partial charge on any atom is -0.497 e. The molecule has 0 radical (unpaired) electrons. The van der Waals surface area contributed by atoms with Crippen LogP contribution in [-0.4, -0.2) is 42.5 Å². The van der Waals surface area contributed by atoms with Gasteiger partial charge >= 0.3 is 0 Å². The number of nitrogens with zero attached hydrogens (tertiary/aromatic N) is 1. The number of methoxy groups -OCH3 is 1. The van der Waals surface area contributed by atoms with Gasteiger partial charge in [0.25, 0.3) is 5.91 Å². The third kappa shape index (κ3) is 7.39. The van der Waals surface area contributed by atoms with Gasteiger partial charge in [-0.25, -0.2) is 0 Å². The Kier molecular flexibility index (Phi) is 10.0. The average molecular weight is 475 g/mol. The predicted octanol–water partition coefficient (Wildman–Crippen LogP) is 5.07. The summed E-state index contributed by atoms with van der Waals surface area (Å²) in [6.45, 7) is 9.77. The smallest absolute Gasteiger partial charge is 0.261 e. The summed E-state index contributed by atoms with van der Waals surface area (Å²) in [5, 5.41) is 3.69. The monoisotopic (exact) mass is 474 g/mol. The van der Waals surface area contributed by atoms with Crippen molar-refractivity contribution >= 4 is 23.4 Å². The normalized spacial score (nSPS) is 12.6. The summed E-state index contributed by atoms with van der Waals surface area (Å²) in [7, 11) is 1.61. The molecule has 0 aromatic heterocycles. The highest BCUT2D eigenvalue weighted by molar-refractivity contribution is 6.32. The number of aryl methyl sites for hydroxylation is 2. The molecule has 0 heterocycles. The second kappa shape index (κ2) is 12.5. The van der Waals surface area contributed by atoms with Crippen LogP contribution < -0.4 is 14.8 Å². The fourth-order valence-corrected chi connectivity index (χ4v) is 3.61. The summed E-state index contributed by atoms with van der Waals surface area (Å²) < 4.78 is 11.0. The summed E-state index contributed by atoms with van der Waals surface area (Å²) >= 11 is 6.24. The van der Waals surface area contributed by atoms with Crippen LogP contribution in [-0.2, 0) is 16.1 Å². The Balaban J connectivity index is 2.25. The quantitative estimate of drug-likeness (QED) is 0.494. The Labute approximate surface area is 202 Å². The molecule has 1 N–H and O–H groups in total. The van der Waals surface area contributed by atoms with E-state index < -0.39 is 6.04 Å². The van der Waals surface area contributed by atoms with Crippen molar-refractivity contribution in [1.29, 1.82) is 0 Å². The zero-order valence-corrected chi connectivity index (χ0v) is 21.2. The molecule has 6 nitrogen and oxygen atoms in total. The number of benzene rings is 2. The maximum Gasteiger partial charge on any atom is 0.261 e. The van der Waals surface area contributed by atoms with E-state index in [4.69, 9.17) is 21.1 Å². The summed E-state index contributed by atoms with van der Waals surface area (Å²) in [4.78, 5) is 27.9. The molecule has 2 amide bonds. The van der Waals surface area contributed by atoms with Crippen molar-refractivity contribution < 1.29 is 19.1 Å². The van der Waals surface area contributed by atoms with Crippen LogP contribution >= 0.6 is 11.6 Å². The van der Waals surface area contributed by atoms with E-state index in [1.165, 1.54) is 0 Å². The lowest BCUT2D eigenvalue weighted by Gasteiger charge is -2.31. The Hall–Kier alpha value is -2.73. The Morgan fingerprint density at radius 2 is 1.64 bits per heavy atom. The lowest BCUT2D eigenvalue weighted by atomic mass is 10.1. The topological polar surface area (TPSA) is 67.9 Å². The first kappa shape index (κ1) is 26.5. The SMILES string of the molecule is CC[C@H](C(=O)N[C@@H](C)CC)N(Cc1ccc(OC)cc1)C(=O)COc1cc(C)c(Cl)c(C)c1. The van der Waals surface area contributed by atoms with Crippen LogP contribution in [0, 0.1) is 13.8 Å². The molecule has 0 fully saturated rings. The Morgan fingerprint density at radius 3 is 2.15 bits per heavy atom. The molecule has 33 heavy (non-hydrogen) atoms. The highest BCUT2D eigenvalue weighted by Gasteiger charge is 2.29. The minimum absolute atomic E-state index is 0.0285. The highest BCUT2D eigenvalue weighted by atomic mass is 35.5. The molecule has 2 aromatic rings. The van der Waals surface area contributed by atoms with Crippen LogP contribution in [0.3, 0.4) is 0 Å². The first-order valence-corrected chi connectivity index (χ1v) is 11.7. The minimum atomic E-state index is -0.606. The van der Waals surface area contributed by atoms with Crippen LogP contribution in [0.5, 0.6) is 11.5 Å². The van der Waals surface area contributed by atoms with Gasteiger partial charge in [-0.05, 0) is 74.6 Å². The molecule has 2 rings (SSSR count). The first-order valence-electron chi connectivity index (χ1n) is 11.3. The van der Waals surface area contributed by atoms with Crippen molar-refractivity contribution in [3.8, 4) is 11.5 Å². The molecule has 0 unspecified atom stereocenters. The van der Waals surface area contributed by atoms with Gasteiger partial charge in [-0.1, -0.05) is 37.6 Å². The molecular weight excluding hydrogens is 440 g/mol. The van der Waals surface area contributed by atoms with Gasteiger partial charge in [0.1, 0.15) is 17.5 Å². The van der Waals surface area contributed by atoms with Gasteiger partial charge in [0, 0.05) is 17.6 Å². The number of halogens is 1. The maximum atomic E-state index is 13.3. The molecule has 0 aliphatic rings. The molecular formula is C26H35ClN2O4. The van der Waals surface area contributed by atoms with E-state index >= 15 is 0 Å². The molecule has 0 saturated carbocycles. The first-order chi connectivity index (χ1) is 15.7. The standard InChI is InChI=1S/C26H35ClN2O4/c1-7-19(5)28-26(31)23(8-2)29(15-20-9-11-21(32-6)12-10-20)24(30)16-33-22-13-17(3)25(27)18(4)14-22/h9-14,19,23H,7-8,15-16H2,1-6H3,(H,28,31)/t19-,23+/m0/s1. The lowest BCUT2D eigenvalue weighted by Crippen LogP contribution is -2.51. The number of ether oxygens (including phenoxy) is 2. The van der Waals surface area contributed by atoms with E-state index in [0.717, 1.165) is 28.9 Å². The van der Waals surface area contributed by atoms with E-state index in [0.29, 0.717) is 17.2 Å². The molecule has 0 bridgehead atoms. The van der Waals surface area contributed by atoms with Gasteiger partial charge in [-0.2, -0.15) is 0 Å². The second-order valence-corrected chi connectivity index (χ2v) is 8.65. The van der Waals surface area contributed by atoms with Crippen molar-refractivity contribution in [3.05, 3.63) is 58.1 Å². The predicted molar refractivity (Wildman–Crippen MR) is 132 cm³/mol. The zero-order chi connectivity index (χ0) is 24.5. The summed E-state index contributed by atoms with van der Waals surface area (Å²) in [5.74, 6) is 0.883. The molecule has 0 aliphatic heterocycles. The number of carbonyl (C=O) groups excluding carboxylic acids is 2. The summed E-state index contributed by atoms with van der Waals surface area (Å²) in [5.41, 5.74) is 2.67. The van der Waals surface area contributed by atoms with E-state index in [-0.39, 0.29) is 31.0 Å². The average Bonchev–Trinajstić information content (AvgIpc) is 2.80. The molecule has 2 atom stereocenters. The van der Waals surface area contributed by atoms with Crippen LogP contribution in [0.4, 0.5) is 0 Å². The number of hydrogen-bond donors (Lipinski definition) is 1. The Bertz CT molecular complexity index is 923. The van der Waals surface area contributed by atoms with Crippen molar-refractivity contribution in [2.45, 2.75) is 66.1 Å². The third-order valence-electron chi connectivity index (χ3n) is 5.67. The molecule has 0 aliphatic carbocycles. The number of amides is 2. The number of carbonyl (C=O) groups is 2. The van der Waals surface area contributed by atoms with Gasteiger partial charge < -0.3 is 19.7 Å². The van der Waals surface area contributed by atoms with Crippen molar-refractivity contribution in [1.82, 2.24) is 10.2 Å². The van der Waals surface area contributed by atoms with Gasteiger partial charge in [-0.15, -0.1) is 0 Å². The molecule has 2 aromatic carbocycles. The van der Waals surface area contributed by atoms with Crippen molar-refractivity contribution in [3.63, 3.8) is 0 Å². The Morgan fingerprint density at radius 1 is 1.03 bits per heavy atom. The van der Waals surface area contributed by atoms with Crippen molar-refractivity contribution in [2.75, 3.05) is 13.7 Å². The largest absolute Gasteiger partial charge is 0.497 e. The highest BCUT2D eigenvalue weighted by Crippen LogP contribution is 2.26. The molecule has 180 valence electrons. The van der Waals surface area contributed by atoms with Gasteiger partial charge in [-0.3, -0.25) is 9.59 Å².